The maximum Gasteiger partial charge on any atom is 0.322 e. The van der Waals surface area contributed by atoms with Crippen molar-refractivity contribution >= 4 is 17.6 Å². The number of nitrogens with zero attached hydrogens (tertiary/aromatic N) is 3. The fourth-order valence-corrected chi connectivity index (χ4v) is 3.97. The molecule has 7 nitrogen and oxygen atoms in total. The Morgan fingerprint density at radius 2 is 1.80 bits per heavy atom. The van der Waals surface area contributed by atoms with Crippen LogP contribution in [0.3, 0.4) is 0 Å². The van der Waals surface area contributed by atoms with Crippen molar-refractivity contribution < 1.29 is 14.3 Å². The second-order valence-corrected chi connectivity index (χ2v) is 7.90. The molecule has 2 aromatic rings. The summed E-state index contributed by atoms with van der Waals surface area (Å²) in [5.74, 6) is 1.03. The number of pyridine rings is 1. The first kappa shape index (κ1) is 20.2. The van der Waals surface area contributed by atoms with Gasteiger partial charge in [0, 0.05) is 63.5 Å². The Labute approximate surface area is 177 Å². The van der Waals surface area contributed by atoms with Gasteiger partial charge in [-0.05, 0) is 47.9 Å². The zero-order valence-corrected chi connectivity index (χ0v) is 17.3. The standard InChI is InChI=1S/C23H28N4O3/c1-2-3-22(28)26-12-9-21(10-13-26)30-20-6-4-19(5-7-20)25-23(29)27-15-17-8-11-24-14-18(17)16-27/h4-8,11,14,21H,2-3,9-10,12-13,15-16H2,1H3,(H,25,29). The van der Waals surface area contributed by atoms with Crippen LogP contribution in [-0.4, -0.2) is 45.9 Å². The first-order chi connectivity index (χ1) is 14.6. The second kappa shape index (κ2) is 9.15. The molecule has 1 N–H and O–H groups in total. The number of piperidine rings is 1. The highest BCUT2D eigenvalue weighted by atomic mass is 16.5. The van der Waals surface area contributed by atoms with E-state index in [1.807, 2.05) is 48.4 Å². The molecule has 2 aliphatic rings. The number of hydrogen-bond donors (Lipinski definition) is 1. The topological polar surface area (TPSA) is 74.8 Å². The van der Waals surface area contributed by atoms with Crippen molar-refractivity contribution in [2.75, 3.05) is 18.4 Å². The Morgan fingerprint density at radius 1 is 1.07 bits per heavy atom. The lowest BCUT2D eigenvalue weighted by Gasteiger charge is -2.32. The van der Waals surface area contributed by atoms with Crippen molar-refractivity contribution in [3.63, 3.8) is 0 Å². The van der Waals surface area contributed by atoms with Crippen LogP contribution in [0.1, 0.15) is 43.7 Å². The third-order valence-electron chi connectivity index (χ3n) is 5.68. The first-order valence-corrected chi connectivity index (χ1v) is 10.6. The van der Waals surface area contributed by atoms with E-state index in [2.05, 4.69) is 10.3 Å². The average molecular weight is 409 g/mol. The second-order valence-electron chi connectivity index (χ2n) is 7.90. The maximum absolute atomic E-state index is 12.5. The van der Waals surface area contributed by atoms with Gasteiger partial charge in [-0.3, -0.25) is 9.78 Å². The van der Waals surface area contributed by atoms with Crippen molar-refractivity contribution in [1.82, 2.24) is 14.8 Å². The molecule has 1 aromatic heterocycles. The van der Waals surface area contributed by atoms with Crippen LogP contribution in [-0.2, 0) is 17.9 Å². The van der Waals surface area contributed by atoms with Gasteiger partial charge in [-0.15, -0.1) is 0 Å². The number of aromatic nitrogens is 1. The highest BCUT2D eigenvalue weighted by Gasteiger charge is 2.24. The molecule has 0 spiro atoms. The minimum atomic E-state index is -0.121. The molecule has 4 rings (SSSR count). The number of nitrogens with one attached hydrogen (secondary N) is 1. The third-order valence-corrected chi connectivity index (χ3v) is 5.68. The van der Waals surface area contributed by atoms with Gasteiger partial charge < -0.3 is 19.9 Å². The number of amides is 3. The Bertz CT molecular complexity index is 867. The monoisotopic (exact) mass is 408 g/mol. The fraction of sp³-hybridized carbons (Fsp3) is 0.435. The van der Waals surface area contributed by atoms with E-state index >= 15 is 0 Å². The lowest BCUT2D eigenvalue weighted by molar-refractivity contribution is -0.133. The number of carbonyl (C=O) groups excluding carboxylic acids is 2. The van der Waals surface area contributed by atoms with Crippen LogP contribution in [0.25, 0.3) is 0 Å². The van der Waals surface area contributed by atoms with Crippen LogP contribution in [0.2, 0.25) is 0 Å². The van der Waals surface area contributed by atoms with Gasteiger partial charge in [-0.25, -0.2) is 4.79 Å². The van der Waals surface area contributed by atoms with Crippen molar-refractivity contribution in [3.8, 4) is 5.75 Å². The summed E-state index contributed by atoms with van der Waals surface area (Å²) in [5.41, 5.74) is 2.98. The minimum Gasteiger partial charge on any atom is -0.490 e. The number of urea groups is 1. The van der Waals surface area contributed by atoms with Gasteiger partial charge in [0.05, 0.1) is 0 Å². The summed E-state index contributed by atoms with van der Waals surface area (Å²) in [6.45, 7) is 4.72. The molecule has 158 valence electrons. The lowest BCUT2D eigenvalue weighted by Crippen LogP contribution is -2.41. The molecule has 3 heterocycles. The van der Waals surface area contributed by atoms with Gasteiger partial charge in [-0.2, -0.15) is 0 Å². The largest absolute Gasteiger partial charge is 0.490 e. The van der Waals surface area contributed by atoms with E-state index in [0.29, 0.717) is 19.5 Å². The van der Waals surface area contributed by atoms with Gasteiger partial charge >= 0.3 is 6.03 Å². The van der Waals surface area contributed by atoms with Gasteiger partial charge in [0.2, 0.25) is 5.91 Å². The number of benzene rings is 1. The summed E-state index contributed by atoms with van der Waals surface area (Å²) in [6.07, 6.45) is 6.90. The fourth-order valence-electron chi connectivity index (χ4n) is 3.97. The van der Waals surface area contributed by atoms with E-state index in [1.165, 1.54) is 0 Å². The number of hydrogen-bond acceptors (Lipinski definition) is 4. The third kappa shape index (κ3) is 4.72. The van der Waals surface area contributed by atoms with Crippen LogP contribution in [0, 0.1) is 0 Å². The molecule has 1 saturated heterocycles. The molecule has 0 bridgehead atoms. The Morgan fingerprint density at radius 3 is 2.50 bits per heavy atom. The Kier molecular flexibility index (Phi) is 6.16. The molecule has 7 heteroatoms. The zero-order chi connectivity index (χ0) is 20.9. The summed E-state index contributed by atoms with van der Waals surface area (Å²) >= 11 is 0. The van der Waals surface area contributed by atoms with Crippen molar-refractivity contribution in [1.29, 1.82) is 0 Å². The molecule has 0 radical (unpaired) electrons. The molecule has 2 aliphatic heterocycles. The van der Waals surface area contributed by atoms with Gasteiger partial charge in [0.1, 0.15) is 11.9 Å². The molecule has 3 amide bonds. The van der Waals surface area contributed by atoms with Crippen LogP contribution >= 0.6 is 0 Å². The number of anilines is 1. The quantitative estimate of drug-likeness (QED) is 0.817. The predicted molar refractivity (Wildman–Crippen MR) is 114 cm³/mol. The average Bonchev–Trinajstić information content (AvgIpc) is 3.20. The summed E-state index contributed by atoms with van der Waals surface area (Å²) in [7, 11) is 0. The summed E-state index contributed by atoms with van der Waals surface area (Å²) in [4.78, 5) is 32.4. The highest BCUT2D eigenvalue weighted by molar-refractivity contribution is 5.89. The maximum atomic E-state index is 12.5. The van der Waals surface area contributed by atoms with Crippen molar-refractivity contribution in [2.24, 2.45) is 0 Å². The van der Waals surface area contributed by atoms with Gasteiger partial charge in [-0.1, -0.05) is 6.92 Å². The van der Waals surface area contributed by atoms with E-state index in [9.17, 15) is 9.59 Å². The molecular formula is C23H28N4O3. The molecule has 0 aliphatic carbocycles. The normalized spacial score (nSPS) is 16.3. The van der Waals surface area contributed by atoms with Gasteiger partial charge in [0.25, 0.3) is 0 Å². The first-order valence-electron chi connectivity index (χ1n) is 10.6. The number of likely N-dealkylation sites (tertiary alicyclic amines) is 1. The predicted octanol–water partition coefficient (Wildman–Crippen LogP) is 3.80. The van der Waals surface area contributed by atoms with Crippen LogP contribution in [0.4, 0.5) is 10.5 Å². The Hall–Kier alpha value is -3.09. The van der Waals surface area contributed by atoms with Crippen LogP contribution in [0.15, 0.2) is 42.7 Å². The van der Waals surface area contributed by atoms with E-state index in [0.717, 1.165) is 54.9 Å². The lowest BCUT2D eigenvalue weighted by atomic mass is 10.1. The van der Waals surface area contributed by atoms with Crippen LogP contribution in [0.5, 0.6) is 5.75 Å². The Balaban J connectivity index is 1.25. The van der Waals surface area contributed by atoms with E-state index in [4.69, 9.17) is 4.74 Å². The highest BCUT2D eigenvalue weighted by Crippen LogP contribution is 2.24. The molecule has 1 aromatic carbocycles. The summed E-state index contributed by atoms with van der Waals surface area (Å²) in [5, 5.41) is 2.95. The van der Waals surface area contributed by atoms with E-state index in [1.54, 1.807) is 11.1 Å². The zero-order valence-electron chi connectivity index (χ0n) is 17.3. The van der Waals surface area contributed by atoms with E-state index < -0.39 is 0 Å². The van der Waals surface area contributed by atoms with Crippen molar-refractivity contribution in [2.45, 2.75) is 51.8 Å². The number of rotatable bonds is 5. The smallest absolute Gasteiger partial charge is 0.322 e. The number of fused-ring (bicyclic) bond motifs is 1. The van der Waals surface area contributed by atoms with E-state index in [-0.39, 0.29) is 18.0 Å². The minimum absolute atomic E-state index is 0.118. The molecule has 0 saturated carbocycles. The number of ether oxygens (including phenoxy) is 1. The molecule has 0 atom stereocenters. The SMILES string of the molecule is CCCC(=O)N1CCC(Oc2ccc(NC(=O)N3Cc4ccncc4C3)cc2)CC1. The summed E-state index contributed by atoms with van der Waals surface area (Å²) < 4.78 is 6.08. The van der Waals surface area contributed by atoms with Gasteiger partial charge in [0.15, 0.2) is 0 Å². The molecule has 0 unspecified atom stereocenters. The van der Waals surface area contributed by atoms with Crippen LogP contribution < -0.4 is 10.1 Å². The van der Waals surface area contributed by atoms with Crippen molar-refractivity contribution in [3.05, 3.63) is 53.9 Å². The molecule has 30 heavy (non-hydrogen) atoms. The number of carbonyl (C=O) groups is 2. The molecule has 1 fully saturated rings. The molecular weight excluding hydrogens is 380 g/mol. The summed E-state index contributed by atoms with van der Waals surface area (Å²) in [6, 6.07) is 9.32.